The number of rotatable bonds is 3. The second-order valence-corrected chi connectivity index (χ2v) is 4.32. The molecule has 0 unspecified atom stereocenters. The zero-order valence-electron chi connectivity index (χ0n) is 9.33. The van der Waals surface area contributed by atoms with Crippen molar-refractivity contribution in [1.82, 2.24) is 5.48 Å². The summed E-state index contributed by atoms with van der Waals surface area (Å²) in [6, 6.07) is 10.2. The number of carbonyl (C=O) groups excluding carboxylic acids is 1. The van der Waals surface area contributed by atoms with Gasteiger partial charge in [0.05, 0.1) is 12.0 Å². The van der Waals surface area contributed by atoms with Gasteiger partial charge in [-0.05, 0) is 32.4 Å². The Bertz CT molecular complexity index is 314. The van der Waals surface area contributed by atoms with Gasteiger partial charge in [0.1, 0.15) is 0 Å². The van der Waals surface area contributed by atoms with Gasteiger partial charge in [0, 0.05) is 0 Å². The Morgan fingerprint density at radius 1 is 1.40 bits per heavy atom. The molecule has 0 heterocycles. The van der Waals surface area contributed by atoms with Gasteiger partial charge in [-0.1, -0.05) is 24.3 Å². The lowest BCUT2D eigenvalue weighted by Gasteiger charge is -2.18. The lowest BCUT2D eigenvalue weighted by Crippen LogP contribution is -2.34. The Morgan fingerprint density at radius 2 is 2.00 bits per heavy atom. The molecule has 0 saturated heterocycles. The third-order valence-corrected chi connectivity index (χ3v) is 1.62. The molecule has 0 aliphatic heterocycles. The number of hydroxylamine groups is 1. The molecule has 81 valence electrons. The summed E-state index contributed by atoms with van der Waals surface area (Å²) < 4.78 is 0. The minimum absolute atomic E-state index is 0.142. The molecule has 1 amide bonds. The van der Waals surface area contributed by atoms with Crippen LogP contribution >= 0.6 is 0 Å². The highest BCUT2D eigenvalue weighted by atomic mass is 16.7. The third-order valence-electron chi connectivity index (χ3n) is 1.62. The number of nitrogens with one attached hydrogen (secondary N) is 1. The van der Waals surface area contributed by atoms with Crippen molar-refractivity contribution >= 4 is 5.91 Å². The molecule has 0 spiro atoms. The van der Waals surface area contributed by atoms with Gasteiger partial charge in [0.15, 0.2) is 0 Å². The fraction of sp³-hybridized carbons (Fsp3) is 0.417. The maximum atomic E-state index is 11.4. The highest BCUT2D eigenvalue weighted by Gasteiger charge is 2.12. The molecule has 3 heteroatoms. The smallest absolute Gasteiger partial charge is 0.247 e. The largest absolute Gasteiger partial charge is 0.272 e. The molecular weight excluding hydrogens is 190 g/mol. The average molecular weight is 206 g/mol. The van der Waals surface area contributed by atoms with E-state index in [0.717, 1.165) is 5.56 Å². The molecular formula is C12H16NO2. The molecule has 0 fully saturated rings. The molecule has 1 radical (unpaired) electrons. The van der Waals surface area contributed by atoms with Crippen LogP contribution < -0.4 is 5.48 Å². The summed E-state index contributed by atoms with van der Waals surface area (Å²) in [6.45, 7) is 5.64. The third kappa shape index (κ3) is 5.18. The number of amides is 1. The van der Waals surface area contributed by atoms with E-state index in [0.29, 0.717) is 6.42 Å². The Labute approximate surface area is 90.4 Å². The number of hydrogen-bond donors (Lipinski definition) is 1. The van der Waals surface area contributed by atoms with Crippen molar-refractivity contribution < 1.29 is 9.63 Å². The van der Waals surface area contributed by atoms with Crippen molar-refractivity contribution in [2.45, 2.75) is 32.8 Å². The van der Waals surface area contributed by atoms with Crippen molar-refractivity contribution in [2.24, 2.45) is 0 Å². The molecule has 15 heavy (non-hydrogen) atoms. The lowest BCUT2D eigenvalue weighted by molar-refractivity contribution is -0.144. The van der Waals surface area contributed by atoms with Crippen LogP contribution in [0.1, 0.15) is 26.3 Å². The molecule has 1 N–H and O–H groups in total. The van der Waals surface area contributed by atoms with E-state index < -0.39 is 0 Å². The summed E-state index contributed by atoms with van der Waals surface area (Å²) in [5.74, 6) is -0.142. The highest BCUT2D eigenvalue weighted by Crippen LogP contribution is 2.04. The van der Waals surface area contributed by atoms with Crippen molar-refractivity contribution in [1.29, 1.82) is 0 Å². The minimum Gasteiger partial charge on any atom is -0.272 e. The van der Waals surface area contributed by atoms with Crippen LogP contribution in [0.3, 0.4) is 0 Å². The predicted molar refractivity (Wildman–Crippen MR) is 58.0 cm³/mol. The van der Waals surface area contributed by atoms with Crippen LogP contribution in [0, 0.1) is 6.07 Å². The number of benzene rings is 1. The van der Waals surface area contributed by atoms with E-state index in [9.17, 15) is 4.79 Å². The molecule has 0 aromatic heterocycles. The summed E-state index contributed by atoms with van der Waals surface area (Å²) in [6.07, 6.45) is 0.324. The fourth-order valence-corrected chi connectivity index (χ4v) is 0.971. The SMILES string of the molecule is CC(C)(C)ONC(=O)Cc1cc[c]cc1. The van der Waals surface area contributed by atoms with Crippen molar-refractivity contribution in [3.05, 3.63) is 35.9 Å². The Kier molecular flexibility index (Phi) is 3.86. The van der Waals surface area contributed by atoms with Crippen LogP contribution in [0.5, 0.6) is 0 Å². The summed E-state index contributed by atoms with van der Waals surface area (Å²) in [7, 11) is 0. The number of carbonyl (C=O) groups is 1. The van der Waals surface area contributed by atoms with E-state index in [1.165, 1.54) is 0 Å². The first kappa shape index (κ1) is 11.7. The van der Waals surface area contributed by atoms with Gasteiger partial charge in [-0.25, -0.2) is 5.48 Å². The number of hydrogen-bond acceptors (Lipinski definition) is 2. The molecule has 1 rings (SSSR count). The van der Waals surface area contributed by atoms with Crippen LogP contribution in [-0.4, -0.2) is 11.5 Å². The van der Waals surface area contributed by atoms with Crippen LogP contribution in [-0.2, 0) is 16.1 Å². The summed E-state index contributed by atoms with van der Waals surface area (Å²) in [4.78, 5) is 16.6. The van der Waals surface area contributed by atoms with E-state index in [2.05, 4.69) is 11.5 Å². The maximum absolute atomic E-state index is 11.4. The first-order valence-corrected chi connectivity index (χ1v) is 4.89. The molecule has 0 atom stereocenters. The van der Waals surface area contributed by atoms with Crippen molar-refractivity contribution in [3.63, 3.8) is 0 Å². The monoisotopic (exact) mass is 206 g/mol. The van der Waals surface area contributed by atoms with Gasteiger partial charge in [-0.2, -0.15) is 0 Å². The summed E-state index contributed by atoms with van der Waals surface area (Å²) >= 11 is 0. The first-order chi connectivity index (χ1) is 6.97. The second-order valence-electron chi connectivity index (χ2n) is 4.32. The van der Waals surface area contributed by atoms with E-state index in [-0.39, 0.29) is 11.5 Å². The Hall–Kier alpha value is -1.35. The zero-order chi connectivity index (χ0) is 11.3. The lowest BCUT2D eigenvalue weighted by atomic mass is 10.1. The van der Waals surface area contributed by atoms with Gasteiger partial charge < -0.3 is 0 Å². The van der Waals surface area contributed by atoms with Gasteiger partial charge in [0.2, 0.25) is 5.91 Å². The van der Waals surface area contributed by atoms with Crippen LogP contribution in [0.25, 0.3) is 0 Å². The van der Waals surface area contributed by atoms with E-state index in [1.54, 1.807) is 12.1 Å². The van der Waals surface area contributed by atoms with Crippen molar-refractivity contribution in [3.8, 4) is 0 Å². The normalized spacial score (nSPS) is 11.1. The molecule has 0 bridgehead atoms. The fourth-order valence-electron chi connectivity index (χ4n) is 0.971. The van der Waals surface area contributed by atoms with Gasteiger partial charge >= 0.3 is 0 Å². The second kappa shape index (κ2) is 4.94. The van der Waals surface area contributed by atoms with Crippen LogP contribution in [0.15, 0.2) is 24.3 Å². The van der Waals surface area contributed by atoms with E-state index in [4.69, 9.17) is 4.84 Å². The Morgan fingerprint density at radius 3 is 2.53 bits per heavy atom. The molecule has 0 saturated carbocycles. The van der Waals surface area contributed by atoms with E-state index in [1.807, 2.05) is 32.9 Å². The van der Waals surface area contributed by atoms with Gasteiger partial charge in [0.25, 0.3) is 0 Å². The molecule has 0 aliphatic carbocycles. The van der Waals surface area contributed by atoms with Crippen LogP contribution in [0.2, 0.25) is 0 Å². The topological polar surface area (TPSA) is 38.3 Å². The predicted octanol–water partition coefficient (Wildman–Crippen LogP) is 1.88. The van der Waals surface area contributed by atoms with E-state index >= 15 is 0 Å². The molecule has 3 nitrogen and oxygen atoms in total. The maximum Gasteiger partial charge on any atom is 0.247 e. The minimum atomic E-state index is -0.361. The van der Waals surface area contributed by atoms with Gasteiger partial charge in [-0.3, -0.25) is 9.63 Å². The molecule has 1 aromatic carbocycles. The zero-order valence-corrected chi connectivity index (χ0v) is 9.33. The average Bonchev–Trinajstić information content (AvgIpc) is 2.15. The highest BCUT2D eigenvalue weighted by molar-refractivity contribution is 5.77. The summed E-state index contributed by atoms with van der Waals surface area (Å²) in [5, 5.41) is 0. The summed E-state index contributed by atoms with van der Waals surface area (Å²) in [5.41, 5.74) is 3.01. The molecule has 0 aliphatic rings. The first-order valence-electron chi connectivity index (χ1n) is 4.89. The standard InChI is InChI=1S/C12H16NO2/c1-12(2,3)15-13-11(14)9-10-7-5-4-6-8-10/h5-8H,9H2,1-3H3,(H,13,14). The van der Waals surface area contributed by atoms with Crippen molar-refractivity contribution in [2.75, 3.05) is 0 Å². The van der Waals surface area contributed by atoms with Crippen LogP contribution in [0.4, 0.5) is 0 Å². The van der Waals surface area contributed by atoms with Gasteiger partial charge in [-0.15, -0.1) is 0 Å². The quantitative estimate of drug-likeness (QED) is 0.767. The molecule has 1 aromatic rings. The Balaban J connectivity index is 2.38.